The SMILES string of the molecule is CC1(C)c2ccccc2-c2nc(-c3ccc4ccccc4c3)c(-n3c4ccccc4c4cc5ccccc5cc43)nc21. The molecule has 2 heterocycles. The summed E-state index contributed by atoms with van der Waals surface area (Å²) in [5.41, 5.74) is 8.41. The quantitative estimate of drug-likeness (QED) is 0.220. The van der Waals surface area contributed by atoms with Crippen LogP contribution in [0.5, 0.6) is 0 Å². The lowest BCUT2D eigenvalue weighted by Crippen LogP contribution is -2.18. The summed E-state index contributed by atoms with van der Waals surface area (Å²) in [4.78, 5) is 11.1. The van der Waals surface area contributed by atoms with Gasteiger partial charge in [-0.2, -0.15) is 0 Å². The minimum Gasteiger partial charge on any atom is -0.292 e. The summed E-state index contributed by atoms with van der Waals surface area (Å²) in [5.74, 6) is 0.867. The van der Waals surface area contributed by atoms with Crippen molar-refractivity contribution in [3.8, 4) is 28.3 Å². The molecule has 0 amide bonds. The third-order valence-electron chi connectivity index (χ3n) is 9.10. The average Bonchev–Trinajstić information content (AvgIpc) is 3.47. The summed E-state index contributed by atoms with van der Waals surface area (Å²) in [6, 6.07) is 45.7. The highest BCUT2D eigenvalue weighted by Gasteiger charge is 2.39. The van der Waals surface area contributed by atoms with Gasteiger partial charge in [-0.05, 0) is 51.4 Å². The Bertz CT molecular complexity index is 2390. The van der Waals surface area contributed by atoms with Gasteiger partial charge in [0.2, 0.25) is 0 Å². The van der Waals surface area contributed by atoms with Gasteiger partial charge in [0.1, 0.15) is 5.69 Å². The van der Waals surface area contributed by atoms with Gasteiger partial charge in [0.15, 0.2) is 5.82 Å². The number of benzene rings is 6. The highest BCUT2D eigenvalue weighted by molar-refractivity contribution is 6.13. The highest BCUT2D eigenvalue weighted by Crippen LogP contribution is 2.48. The van der Waals surface area contributed by atoms with E-state index in [0.717, 1.165) is 39.5 Å². The van der Waals surface area contributed by atoms with Crippen LogP contribution in [0, 0.1) is 0 Å². The first-order chi connectivity index (χ1) is 20.6. The van der Waals surface area contributed by atoms with Gasteiger partial charge in [0, 0.05) is 27.3 Å². The highest BCUT2D eigenvalue weighted by atomic mass is 15.1. The van der Waals surface area contributed by atoms with E-state index in [9.17, 15) is 0 Å². The Hall–Kier alpha value is -5.28. The molecule has 0 unspecified atom stereocenters. The lowest BCUT2D eigenvalue weighted by atomic mass is 9.85. The summed E-state index contributed by atoms with van der Waals surface area (Å²) < 4.78 is 2.34. The average molecular weight is 538 g/mol. The maximum absolute atomic E-state index is 5.60. The number of hydrogen-bond acceptors (Lipinski definition) is 2. The molecule has 0 N–H and O–H groups in total. The molecule has 8 aromatic rings. The Kier molecular flexibility index (Phi) is 4.67. The molecular formula is C39H27N3. The summed E-state index contributed by atoms with van der Waals surface area (Å²) in [6.45, 7) is 4.54. The van der Waals surface area contributed by atoms with E-state index in [1.54, 1.807) is 0 Å². The van der Waals surface area contributed by atoms with Crippen molar-refractivity contribution in [2.75, 3.05) is 0 Å². The number of aromatic nitrogens is 3. The van der Waals surface area contributed by atoms with Gasteiger partial charge in [0.05, 0.1) is 22.4 Å². The van der Waals surface area contributed by atoms with Crippen molar-refractivity contribution in [1.82, 2.24) is 14.5 Å². The largest absolute Gasteiger partial charge is 0.292 e. The molecule has 0 saturated heterocycles. The molecule has 3 nitrogen and oxygen atoms in total. The van der Waals surface area contributed by atoms with Crippen molar-refractivity contribution >= 4 is 43.4 Å². The molecule has 0 bridgehead atoms. The molecule has 1 aliphatic carbocycles. The molecule has 0 atom stereocenters. The van der Waals surface area contributed by atoms with Crippen LogP contribution >= 0.6 is 0 Å². The zero-order valence-corrected chi connectivity index (χ0v) is 23.5. The number of nitrogens with zero attached hydrogens (tertiary/aromatic N) is 3. The Labute approximate surface area is 243 Å². The summed E-state index contributed by atoms with van der Waals surface area (Å²) in [6.07, 6.45) is 0. The van der Waals surface area contributed by atoms with Crippen molar-refractivity contribution in [1.29, 1.82) is 0 Å². The third-order valence-corrected chi connectivity index (χ3v) is 9.10. The van der Waals surface area contributed by atoms with E-state index in [4.69, 9.17) is 9.97 Å². The second-order valence-corrected chi connectivity index (χ2v) is 11.9. The van der Waals surface area contributed by atoms with Crippen molar-refractivity contribution in [3.63, 3.8) is 0 Å². The van der Waals surface area contributed by atoms with Gasteiger partial charge < -0.3 is 0 Å². The Morgan fingerprint density at radius 2 is 1.19 bits per heavy atom. The van der Waals surface area contributed by atoms with Gasteiger partial charge in [-0.3, -0.25) is 4.57 Å². The van der Waals surface area contributed by atoms with E-state index < -0.39 is 0 Å². The monoisotopic (exact) mass is 537 g/mol. The molecule has 0 saturated carbocycles. The van der Waals surface area contributed by atoms with E-state index >= 15 is 0 Å². The molecule has 0 fully saturated rings. The van der Waals surface area contributed by atoms with Gasteiger partial charge in [-0.15, -0.1) is 0 Å². The first-order valence-corrected chi connectivity index (χ1v) is 14.5. The fraction of sp³-hybridized carbons (Fsp3) is 0.0769. The van der Waals surface area contributed by atoms with Crippen LogP contribution in [0.25, 0.3) is 71.7 Å². The topological polar surface area (TPSA) is 30.7 Å². The maximum atomic E-state index is 5.60. The number of fused-ring (bicyclic) bond motifs is 8. The first kappa shape index (κ1) is 23.4. The Balaban J connectivity index is 1.44. The fourth-order valence-electron chi connectivity index (χ4n) is 6.98. The normalized spacial score (nSPS) is 13.7. The van der Waals surface area contributed by atoms with Crippen LogP contribution in [-0.4, -0.2) is 14.5 Å². The van der Waals surface area contributed by atoms with Crippen molar-refractivity contribution in [2.45, 2.75) is 19.3 Å². The fourth-order valence-corrected chi connectivity index (χ4v) is 6.98. The van der Waals surface area contributed by atoms with Crippen molar-refractivity contribution in [2.24, 2.45) is 0 Å². The van der Waals surface area contributed by atoms with Gasteiger partial charge in [-0.25, -0.2) is 9.97 Å². The van der Waals surface area contributed by atoms with Crippen LogP contribution < -0.4 is 0 Å². The Morgan fingerprint density at radius 1 is 0.524 bits per heavy atom. The van der Waals surface area contributed by atoms with Crippen LogP contribution in [0.3, 0.4) is 0 Å². The molecule has 42 heavy (non-hydrogen) atoms. The van der Waals surface area contributed by atoms with E-state index in [1.165, 1.54) is 43.4 Å². The van der Waals surface area contributed by atoms with Crippen molar-refractivity contribution in [3.05, 3.63) is 139 Å². The lowest BCUT2D eigenvalue weighted by Gasteiger charge is -2.22. The summed E-state index contributed by atoms with van der Waals surface area (Å²) >= 11 is 0. The molecule has 0 spiro atoms. The lowest BCUT2D eigenvalue weighted by molar-refractivity contribution is 0.633. The first-order valence-electron chi connectivity index (χ1n) is 14.5. The third kappa shape index (κ3) is 3.16. The predicted octanol–water partition coefficient (Wildman–Crippen LogP) is 9.85. The zero-order chi connectivity index (χ0) is 28.0. The number of rotatable bonds is 2. The maximum Gasteiger partial charge on any atom is 0.164 e. The smallest absolute Gasteiger partial charge is 0.164 e. The Morgan fingerprint density at radius 3 is 2.02 bits per heavy atom. The molecule has 9 rings (SSSR count). The molecule has 6 aromatic carbocycles. The number of hydrogen-bond donors (Lipinski definition) is 0. The molecule has 0 radical (unpaired) electrons. The minimum absolute atomic E-state index is 0.263. The second-order valence-electron chi connectivity index (χ2n) is 11.9. The van der Waals surface area contributed by atoms with E-state index in [-0.39, 0.29) is 5.41 Å². The minimum atomic E-state index is -0.263. The van der Waals surface area contributed by atoms with Crippen LogP contribution in [0.2, 0.25) is 0 Å². The molecule has 2 aromatic heterocycles. The van der Waals surface area contributed by atoms with E-state index in [1.807, 2.05) is 0 Å². The van der Waals surface area contributed by atoms with Crippen LogP contribution in [0.1, 0.15) is 25.1 Å². The van der Waals surface area contributed by atoms with E-state index in [0.29, 0.717) is 0 Å². The van der Waals surface area contributed by atoms with Crippen LogP contribution in [0.4, 0.5) is 0 Å². The molecule has 0 aliphatic heterocycles. The molecule has 1 aliphatic rings. The summed E-state index contributed by atoms with van der Waals surface area (Å²) in [5, 5.41) is 7.29. The van der Waals surface area contributed by atoms with Crippen LogP contribution in [0.15, 0.2) is 127 Å². The van der Waals surface area contributed by atoms with Gasteiger partial charge in [0.25, 0.3) is 0 Å². The van der Waals surface area contributed by atoms with Crippen molar-refractivity contribution < 1.29 is 0 Å². The van der Waals surface area contributed by atoms with Crippen LogP contribution in [-0.2, 0) is 5.41 Å². The van der Waals surface area contributed by atoms with E-state index in [2.05, 4.69) is 146 Å². The number of para-hydroxylation sites is 1. The summed E-state index contributed by atoms with van der Waals surface area (Å²) in [7, 11) is 0. The standard InChI is InChI=1S/C39H27N3/c1-39(2)32-17-9-7-16-30(32)36-37(39)41-38(35(40-36)28-20-19-24-11-3-4-12-25(24)21-28)42-33-18-10-8-15-29(33)31-22-26-13-5-6-14-27(26)23-34(31)42/h3-23H,1-2H3. The van der Waals surface area contributed by atoms with Gasteiger partial charge >= 0.3 is 0 Å². The molecule has 198 valence electrons. The molecular weight excluding hydrogens is 510 g/mol. The molecule has 3 heteroatoms. The van der Waals surface area contributed by atoms with Gasteiger partial charge in [-0.1, -0.05) is 117 Å². The predicted molar refractivity (Wildman–Crippen MR) is 174 cm³/mol. The zero-order valence-electron chi connectivity index (χ0n) is 23.5. The second kappa shape index (κ2) is 8.37.